The van der Waals surface area contributed by atoms with Crippen LogP contribution in [0.4, 0.5) is 10.8 Å². The summed E-state index contributed by atoms with van der Waals surface area (Å²) in [7, 11) is 0. The monoisotopic (exact) mass is 379 g/mol. The molecule has 2 nitrogen and oxygen atoms in total. The Morgan fingerprint density at radius 3 is 2.11 bits per heavy atom. The molecule has 0 aliphatic rings. The molecule has 0 aliphatic heterocycles. The Hall–Kier alpha value is -3.43. The summed E-state index contributed by atoms with van der Waals surface area (Å²) < 4.78 is 2.29. The van der Waals surface area contributed by atoms with Crippen LogP contribution in [-0.2, 0) is 0 Å². The number of benzene rings is 4. The maximum Gasteiger partial charge on any atom is 0.344 e. The Morgan fingerprint density at radius 1 is 0.643 bits per heavy atom. The molecule has 0 amide bonds. The molecule has 1 heterocycles. The molecule has 1 N–H and O–H groups in total. The molecule has 0 atom stereocenters. The van der Waals surface area contributed by atoms with E-state index >= 15 is 0 Å². The molecule has 134 valence electrons. The highest BCUT2D eigenvalue weighted by Gasteiger charge is 2.21. The van der Waals surface area contributed by atoms with Crippen molar-refractivity contribution in [1.29, 1.82) is 0 Å². The third-order valence-corrected chi connectivity index (χ3v) is 5.66. The first-order valence-corrected chi connectivity index (χ1v) is 10.2. The number of anilines is 2. The maximum atomic E-state index is 3.58. The van der Waals surface area contributed by atoms with Gasteiger partial charge in [-0.3, -0.25) is 0 Å². The second kappa shape index (κ2) is 7.29. The van der Waals surface area contributed by atoms with Gasteiger partial charge >= 0.3 is 5.13 Å². The third kappa shape index (κ3) is 3.17. The van der Waals surface area contributed by atoms with Crippen LogP contribution >= 0.6 is 11.3 Å². The standard InChI is InChI=1S/C25H18N2S/c1-3-11-22(12-4-1)26-25-27(23-13-5-2-6-14-23)24(18-28-25)21-16-15-19-9-7-8-10-20(19)17-21/h1-18H/p+1. The molecule has 5 rings (SSSR count). The Labute approximate surface area is 168 Å². The van der Waals surface area contributed by atoms with Crippen LogP contribution in [0, 0.1) is 0 Å². The van der Waals surface area contributed by atoms with Crippen LogP contribution in [0.3, 0.4) is 0 Å². The van der Waals surface area contributed by atoms with Crippen molar-refractivity contribution in [1.82, 2.24) is 0 Å². The number of aromatic nitrogens is 1. The zero-order valence-electron chi connectivity index (χ0n) is 15.2. The van der Waals surface area contributed by atoms with Gasteiger partial charge in [0, 0.05) is 10.9 Å². The molecule has 0 radical (unpaired) electrons. The number of hydrogen-bond acceptors (Lipinski definition) is 2. The summed E-state index contributed by atoms with van der Waals surface area (Å²) in [5.74, 6) is 0. The van der Waals surface area contributed by atoms with E-state index in [9.17, 15) is 0 Å². The minimum Gasteiger partial charge on any atom is -0.231 e. The van der Waals surface area contributed by atoms with Crippen LogP contribution in [0.2, 0.25) is 0 Å². The minimum atomic E-state index is 1.08. The van der Waals surface area contributed by atoms with Crippen molar-refractivity contribution in [3.63, 3.8) is 0 Å². The number of fused-ring (bicyclic) bond motifs is 1. The minimum absolute atomic E-state index is 1.08. The van der Waals surface area contributed by atoms with Crippen LogP contribution < -0.4 is 9.88 Å². The molecule has 0 fully saturated rings. The Kier molecular flexibility index (Phi) is 4.36. The van der Waals surface area contributed by atoms with Gasteiger partial charge in [0.2, 0.25) is 0 Å². The molecule has 0 bridgehead atoms. The van der Waals surface area contributed by atoms with E-state index in [2.05, 4.69) is 100 Å². The van der Waals surface area contributed by atoms with Crippen LogP contribution in [0.25, 0.3) is 27.7 Å². The first kappa shape index (κ1) is 16.7. The summed E-state index contributed by atoms with van der Waals surface area (Å²) in [5, 5.41) is 9.40. The van der Waals surface area contributed by atoms with E-state index < -0.39 is 0 Å². The van der Waals surface area contributed by atoms with Gasteiger partial charge in [-0.25, -0.2) is 5.32 Å². The number of para-hydroxylation sites is 2. The molecule has 0 saturated heterocycles. The van der Waals surface area contributed by atoms with Gasteiger partial charge in [0.05, 0.1) is 0 Å². The Morgan fingerprint density at radius 2 is 1.32 bits per heavy atom. The molecular weight excluding hydrogens is 360 g/mol. The average Bonchev–Trinajstić information content (AvgIpc) is 3.18. The average molecular weight is 380 g/mol. The van der Waals surface area contributed by atoms with Gasteiger partial charge in [-0.1, -0.05) is 84.1 Å². The predicted octanol–water partition coefficient (Wildman–Crippen LogP) is 6.59. The number of hydrogen-bond donors (Lipinski definition) is 1. The van der Waals surface area contributed by atoms with Crippen molar-refractivity contribution in [2.45, 2.75) is 0 Å². The number of rotatable bonds is 4. The van der Waals surface area contributed by atoms with E-state index in [1.165, 1.54) is 22.0 Å². The highest BCUT2D eigenvalue weighted by Crippen LogP contribution is 2.29. The van der Waals surface area contributed by atoms with Gasteiger partial charge in [0.1, 0.15) is 11.4 Å². The molecule has 0 saturated carbocycles. The zero-order valence-corrected chi connectivity index (χ0v) is 16.1. The van der Waals surface area contributed by atoms with Crippen LogP contribution in [-0.4, -0.2) is 0 Å². The number of nitrogens with one attached hydrogen (secondary N) is 1. The first-order valence-electron chi connectivity index (χ1n) is 9.29. The van der Waals surface area contributed by atoms with Gasteiger partial charge in [-0.2, -0.15) is 4.57 Å². The second-order valence-electron chi connectivity index (χ2n) is 6.65. The normalized spacial score (nSPS) is 10.9. The van der Waals surface area contributed by atoms with Crippen molar-refractivity contribution in [3.8, 4) is 16.9 Å². The van der Waals surface area contributed by atoms with Crippen LogP contribution in [0.1, 0.15) is 0 Å². The van der Waals surface area contributed by atoms with E-state index in [0.717, 1.165) is 16.5 Å². The van der Waals surface area contributed by atoms with Crippen molar-refractivity contribution in [2.75, 3.05) is 5.32 Å². The Bertz CT molecular complexity index is 1230. The number of nitrogens with zero attached hydrogens (tertiary/aromatic N) is 1. The molecule has 5 aromatic rings. The quantitative estimate of drug-likeness (QED) is 0.348. The van der Waals surface area contributed by atoms with Gasteiger partial charge in [-0.05, 0) is 41.1 Å². The highest BCUT2D eigenvalue weighted by atomic mass is 32.1. The van der Waals surface area contributed by atoms with Gasteiger partial charge in [0.15, 0.2) is 5.69 Å². The lowest BCUT2D eigenvalue weighted by molar-refractivity contribution is -0.563. The molecular formula is C25H19N2S+. The largest absolute Gasteiger partial charge is 0.344 e. The molecule has 4 aromatic carbocycles. The van der Waals surface area contributed by atoms with Crippen molar-refractivity contribution >= 4 is 32.9 Å². The lowest BCUT2D eigenvalue weighted by Crippen LogP contribution is -2.33. The summed E-state index contributed by atoms with van der Waals surface area (Å²) in [5.41, 5.74) is 4.62. The topological polar surface area (TPSA) is 15.9 Å². The van der Waals surface area contributed by atoms with Crippen molar-refractivity contribution in [2.24, 2.45) is 0 Å². The van der Waals surface area contributed by atoms with E-state index in [-0.39, 0.29) is 0 Å². The Balaban J connectivity index is 1.67. The summed E-state index contributed by atoms with van der Waals surface area (Å²) in [6.45, 7) is 0. The fourth-order valence-corrected chi connectivity index (χ4v) is 4.39. The molecule has 28 heavy (non-hydrogen) atoms. The molecule has 0 unspecified atom stereocenters. The smallest absolute Gasteiger partial charge is 0.231 e. The number of thiazole rings is 1. The summed E-state index contributed by atoms with van der Waals surface area (Å²) >= 11 is 1.72. The van der Waals surface area contributed by atoms with Crippen LogP contribution in [0.5, 0.6) is 0 Å². The van der Waals surface area contributed by atoms with Gasteiger partial charge in [0.25, 0.3) is 0 Å². The van der Waals surface area contributed by atoms with Crippen LogP contribution in [0.15, 0.2) is 109 Å². The molecule has 0 aliphatic carbocycles. The fraction of sp³-hybridized carbons (Fsp3) is 0. The van der Waals surface area contributed by atoms with Gasteiger partial charge < -0.3 is 0 Å². The fourth-order valence-electron chi connectivity index (χ4n) is 3.44. The first-order chi connectivity index (χ1) is 13.9. The highest BCUT2D eigenvalue weighted by molar-refractivity contribution is 7.13. The van der Waals surface area contributed by atoms with Gasteiger partial charge in [-0.15, -0.1) is 0 Å². The summed E-state index contributed by atoms with van der Waals surface area (Å²) in [6.07, 6.45) is 0. The molecule has 3 heteroatoms. The van der Waals surface area contributed by atoms with E-state index in [1.807, 2.05) is 18.2 Å². The van der Waals surface area contributed by atoms with Crippen molar-refractivity contribution in [3.05, 3.63) is 109 Å². The lowest BCUT2D eigenvalue weighted by Gasteiger charge is -2.07. The van der Waals surface area contributed by atoms with Crippen molar-refractivity contribution < 1.29 is 4.57 Å². The maximum absolute atomic E-state index is 3.58. The van der Waals surface area contributed by atoms with E-state index in [1.54, 1.807) is 11.3 Å². The van der Waals surface area contributed by atoms with E-state index in [4.69, 9.17) is 0 Å². The zero-order chi connectivity index (χ0) is 18.8. The predicted molar refractivity (Wildman–Crippen MR) is 119 cm³/mol. The summed E-state index contributed by atoms with van der Waals surface area (Å²) in [4.78, 5) is 0. The summed E-state index contributed by atoms with van der Waals surface area (Å²) in [6, 6.07) is 36.0. The molecule has 1 aromatic heterocycles. The lowest BCUT2D eigenvalue weighted by atomic mass is 10.1. The second-order valence-corrected chi connectivity index (χ2v) is 7.51. The SMILES string of the molecule is c1ccc(Nc2scc(-c3ccc4ccccc4c3)[n+]2-c2ccccc2)cc1. The third-order valence-electron chi connectivity index (χ3n) is 4.81. The molecule has 0 spiro atoms. The van der Waals surface area contributed by atoms with E-state index in [0.29, 0.717) is 0 Å².